The lowest BCUT2D eigenvalue weighted by atomic mass is 9.93. The van der Waals surface area contributed by atoms with Crippen LogP contribution >= 0.6 is 0 Å². The van der Waals surface area contributed by atoms with Crippen molar-refractivity contribution in [3.8, 4) is 0 Å². The van der Waals surface area contributed by atoms with Gasteiger partial charge < -0.3 is 10.0 Å². The number of fused-ring (bicyclic) bond motifs is 1. The summed E-state index contributed by atoms with van der Waals surface area (Å²) in [6.45, 7) is 1.28. The molecule has 2 aliphatic rings. The lowest BCUT2D eigenvalue weighted by Gasteiger charge is -2.30. The maximum Gasteiger partial charge on any atom is 0.335 e. The Morgan fingerprint density at radius 3 is 2.58 bits per heavy atom. The van der Waals surface area contributed by atoms with Gasteiger partial charge in [0, 0.05) is 50.1 Å². The summed E-state index contributed by atoms with van der Waals surface area (Å²) in [5.41, 5.74) is 2.29. The normalized spacial score (nSPS) is 16.8. The van der Waals surface area contributed by atoms with E-state index >= 15 is 0 Å². The third-order valence-electron chi connectivity index (χ3n) is 7.20. The van der Waals surface area contributed by atoms with E-state index in [9.17, 15) is 27.5 Å². The minimum atomic E-state index is -3.21. The quantitative estimate of drug-likeness (QED) is 0.498. The van der Waals surface area contributed by atoms with E-state index in [1.54, 1.807) is 29.2 Å². The van der Waals surface area contributed by atoms with Crippen LogP contribution in [-0.4, -0.2) is 80.5 Å². The molecule has 0 unspecified atom stereocenters. The van der Waals surface area contributed by atoms with Crippen LogP contribution in [0, 0.1) is 5.82 Å². The highest BCUT2D eigenvalue weighted by molar-refractivity contribution is 7.88. The molecule has 1 fully saturated rings. The number of benzene rings is 1. The molecule has 13 heteroatoms. The number of carboxylic acid groups (broad SMARTS) is 1. The van der Waals surface area contributed by atoms with Crippen LogP contribution in [0.2, 0.25) is 0 Å². The van der Waals surface area contributed by atoms with Crippen molar-refractivity contribution in [3.05, 3.63) is 76.1 Å². The fourth-order valence-corrected chi connectivity index (χ4v) is 6.03. The Morgan fingerprint density at radius 2 is 1.87 bits per heavy atom. The van der Waals surface area contributed by atoms with Crippen molar-refractivity contribution >= 4 is 21.9 Å². The molecule has 1 N–H and O–H groups in total. The van der Waals surface area contributed by atoms with Gasteiger partial charge in [0.25, 0.3) is 5.91 Å². The Bertz CT molecular complexity index is 1500. The Balaban J connectivity index is 1.31. The molecule has 0 saturated carbocycles. The first-order valence-electron chi connectivity index (χ1n) is 12.2. The molecule has 1 saturated heterocycles. The molecule has 1 aromatic carbocycles. The number of aromatic carboxylic acids is 1. The molecule has 1 amide bonds. The van der Waals surface area contributed by atoms with E-state index in [0.717, 1.165) is 11.8 Å². The van der Waals surface area contributed by atoms with Gasteiger partial charge in [-0.1, -0.05) is 5.21 Å². The van der Waals surface area contributed by atoms with Crippen LogP contribution in [0.15, 0.2) is 36.7 Å². The van der Waals surface area contributed by atoms with Crippen LogP contribution in [0.25, 0.3) is 0 Å². The van der Waals surface area contributed by atoms with E-state index in [4.69, 9.17) is 0 Å². The van der Waals surface area contributed by atoms with Crippen molar-refractivity contribution in [3.63, 3.8) is 0 Å². The highest BCUT2D eigenvalue weighted by Gasteiger charge is 2.30. The second-order valence-electron chi connectivity index (χ2n) is 9.61. The van der Waals surface area contributed by atoms with E-state index < -0.39 is 21.8 Å². The fraction of sp³-hybridized carbons (Fsp3) is 0.400. The number of nitrogens with zero attached hydrogens (tertiary/aromatic N) is 6. The van der Waals surface area contributed by atoms with Crippen LogP contribution in [-0.2, 0) is 29.5 Å². The van der Waals surface area contributed by atoms with Gasteiger partial charge in [-0.2, -0.15) is 0 Å². The van der Waals surface area contributed by atoms with E-state index in [2.05, 4.69) is 15.3 Å². The zero-order valence-electron chi connectivity index (χ0n) is 20.7. The molecule has 2 aliphatic heterocycles. The van der Waals surface area contributed by atoms with E-state index in [0.29, 0.717) is 42.8 Å². The molecule has 11 nitrogen and oxygen atoms in total. The van der Waals surface area contributed by atoms with Gasteiger partial charge in [0.1, 0.15) is 5.82 Å². The molecular formula is C25H27FN6O5S. The summed E-state index contributed by atoms with van der Waals surface area (Å²) in [6.07, 6.45) is 6.12. The van der Waals surface area contributed by atoms with Gasteiger partial charge in [-0.15, -0.1) is 5.10 Å². The van der Waals surface area contributed by atoms with E-state index in [1.807, 2.05) is 0 Å². The number of hydrogen-bond donors (Lipinski definition) is 1. The highest BCUT2D eigenvalue weighted by atomic mass is 32.2. The first kappa shape index (κ1) is 25.9. The lowest BCUT2D eigenvalue weighted by molar-refractivity contribution is 0.0693. The molecule has 0 spiro atoms. The zero-order chi connectivity index (χ0) is 27.0. The van der Waals surface area contributed by atoms with Crippen molar-refractivity contribution in [2.24, 2.45) is 0 Å². The number of pyridine rings is 1. The molecule has 200 valence electrons. The van der Waals surface area contributed by atoms with Gasteiger partial charge in [0.05, 0.1) is 35.3 Å². The molecule has 0 radical (unpaired) electrons. The Hall–Kier alpha value is -3.71. The molecule has 5 rings (SSSR count). The van der Waals surface area contributed by atoms with E-state index in [1.165, 1.54) is 21.5 Å². The van der Waals surface area contributed by atoms with Crippen LogP contribution < -0.4 is 0 Å². The number of carboxylic acids is 1. The number of sulfonamides is 1. The molecule has 0 atom stereocenters. The van der Waals surface area contributed by atoms with Crippen molar-refractivity contribution in [2.75, 3.05) is 25.9 Å². The Morgan fingerprint density at radius 1 is 1.11 bits per heavy atom. The van der Waals surface area contributed by atoms with Gasteiger partial charge in [-0.25, -0.2) is 26.6 Å². The summed E-state index contributed by atoms with van der Waals surface area (Å²) in [5.74, 6) is -1.90. The second-order valence-corrected chi connectivity index (χ2v) is 11.6. The topological polar surface area (TPSA) is 139 Å². The third kappa shape index (κ3) is 5.16. The van der Waals surface area contributed by atoms with Gasteiger partial charge >= 0.3 is 5.97 Å². The minimum Gasteiger partial charge on any atom is -0.478 e. The monoisotopic (exact) mass is 542 g/mol. The average Bonchev–Trinajstić information content (AvgIpc) is 3.36. The number of carbonyl (C=O) groups excluding carboxylic acids is 1. The number of amides is 1. The fourth-order valence-electron chi connectivity index (χ4n) is 5.15. The predicted molar refractivity (Wildman–Crippen MR) is 134 cm³/mol. The summed E-state index contributed by atoms with van der Waals surface area (Å²) in [5, 5.41) is 17.9. The molecule has 0 aliphatic carbocycles. The number of carbonyl (C=O) groups is 2. The summed E-state index contributed by atoms with van der Waals surface area (Å²) in [7, 11) is -3.21. The number of aromatic nitrogens is 4. The van der Waals surface area contributed by atoms with Crippen molar-refractivity contribution < 1.29 is 27.5 Å². The third-order valence-corrected chi connectivity index (χ3v) is 8.51. The maximum atomic E-state index is 14.6. The number of piperidine rings is 1. The van der Waals surface area contributed by atoms with Crippen LogP contribution in [0.4, 0.5) is 4.39 Å². The zero-order valence-corrected chi connectivity index (χ0v) is 21.6. The number of halogens is 1. The average molecular weight is 543 g/mol. The first-order chi connectivity index (χ1) is 18.1. The van der Waals surface area contributed by atoms with Crippen LogP contribution in [0.5, 0.6) is 0 Å². The van der Waals surface area contributed by atoms with Gasteiger partial charge in [-0.05, 0) is 49.1 Å². The van der Waals surface area contributed by atoms with Crippen molar-refractivity contribution in [2.45, 2.75) is 38.3 Å². The van der Waals surface area contributed by atoms with Crippen LogP contribution in [0.3, 0.4) is 0 Å². The molecule has 3 aromatic rings. The Labute approximate surface area is 218 Å². The summed E-state index contributed by atoms with van der Waals surface area (Å²) in [6, 6.07) is 5.69. The predicted octanol–water partition coefficient (Wildman–Crippen LogP) is 1.90. The summed E-state index contributed by atoms with van der Waals surface area (Å²) in [4.78, 5) is 30.9. The Kier molecular flexibility index (Phi) is 6.97. The van der Waals surface area contributed by atoms with Gasteiger partial charge in [-0.3, -0.25) is 9.78 Å². The molecule has 4 heterocycles. The van der Waals surface area contributed by atoms with Crippen LogP contribution in [0.1, 0.15) is 62.0 Å². The molecule has 2 aromatic heterocycles. The first-order valence-corrected chi connectivity index (χ1v) is 14.1. The van der Waals surface area contributed by atoms with Crippen molar-refractivity contribution in [1.82, 2.24) is 29.2 Å². The van der Waals surface area contributed by atoms with Gasteiger partial charge in [0.2, 0.25) is 10.0 Å². The smallest absolute Gasteiger partial charge is 0.335 e. The number of rotatable bonds is 6. The molecular weight excluding hydrogens is 515 g/mol. The van der Waals surface area contributed by atoms with E-state index in [-0.39, 0.29) is 49.0 Å². The van der Waals surface area contributed by atoms with Gasteiger partial charge in [0.15, 0.2) is 0 Å². The number of hydrogen-bond acceptors (Lipinski definition) is 7. The maximum absolute atomic E-state index is 14.6. The standard InChI is InChI=1S/C25H27FN6O5S/c1-38(36,37)32-11-6-16(7-12-32)22-14-31(29-28-22)15-23-19(3-2-9-27-23)24(33)30-10-8-17-18(25(34)35)4-5-21(26)20(17)13-30/h2-5,9,14,16H,6-8,10-13,15H2,1H3,(H,34,35). The van der Waals surface area contributed by atoms with Crippen molar-refractivity contribution in [1.29, 1.82) is 0 Å². The summed E-state index contributed by atoms with van der Waals surface area (Å²) >= 11 is 0. The highest BCUT2D eigenvalue weighted by Crippen LogP contribution is 2.29. The minimum absolute atomic E-state index is 0.0326. The SMILES string of the molecule is CS(=O)(=O)N1CCC(c2cn(Cc3ncccc3C(=O)N3CCc4c(C(=O)O)ccc(F)c4C3)nn2)CC1. The second kappa shape index (κ2) is 10.2. The lowest BCUT2D eigenvalue weighted by Crippen LogP contribution is -2.37. The molecule has 0 bridgehead atoms. The largest absolute Gasteiger partial charge is 0.478 e. The molecule has 38 heavy (non-hydrogen) atoms. The summed E-state index contributed by atoms with van der Waals surface area (Å²) < 4.78 is 41.2.